The molecule has 4 amide bonds. The molecule has 1 aliphatic heterocycles. The van der Waals surface area contributed by atoms with E-state index in [9.17, 15) is 19.2 Å². The fourth-order valence-electron chi connectivity index (χ4n) is 3.95. The van der Waals surface area contributed by atoms with Gasteiger partial charge >= 0.3 is 12.0 Å². The van der Waals surface area contributed by atoms with Crippen LogP contribution in [0.3, 0.4) is 0 Å². The molecule has 4 rings (SSSR count). The topological polar surface area (TPSA) is 113 Å². The summed E-state index contributed by atoms with van der Waals surface area (Å²) in [7, 11) is 0. The Bertz CT molecular complexity index is 1550. The number of barbiturate groups is 1. The van der Waals surface area contributed by atoms with Gasteiger partial charge in [-0.05, 0) is 100 Å². The maximum atomic E-state index is 13.3. The first kappa shape index (κ1) is 28.0. The first-order valence-corrected chi connectivity index (χ1v) is 13.2. The van der Waals surface area contributed by atoms with Crippen molar-refractivity contribution in [2.75, 3.05) is 4.90 Å². The summed E-state index contributed by atoms with van der Waals surface area (Å²) < 4.78 is 7.44. The van der Waals surface area contributed by atoms with Crippen LogP contribution in [-0.2, 0) is 22.6 Å². The number of carboxylic acids is 1. The van der Waals surface area contributed by atoms with E-state index >= 15 is 0 Å². The van der Waals surface area contributed by atoms with Crippen LogP contribution >= 0.6 is 31.9 Å². The van der Waals surface area contributed by atoms with Gasteiger partial charge in [-0.25, -0.2) is 14.5 Å². The summed E-state index contributed by atoms with van der Waals surface area (Å²) in [6.45, 7) is 5.81. The van der Waals surface area contributed by atoms with E-state index in [0.29, 0.717) is 27.9 Å². The number of carboxylic acid groups (broad SMARTS) is 1. The third-order valence-corrected chi connectivity index (χ3v) is 7.38. The zero-order valence-electron chi connectivity index (χ0n) is 20.7. The van der Waals surface area contributed by atoms with Gasteiger partial charge in [0.25, 0.3) is 11.8 Å². The van der Waals surface area contributed by atoms with Crippen molar-refractivity contribution in [3.05, 3.63) is 110 Å². The molecule has 1 fully saturated rings. The monoisotopic (exact) mass is 652 g/mol. The molecule has 3 aromatic carbocycles. The third-order valence-electron chi connectivity index (χ3n) is 5.90. The minimum Gasteiger partial charge on any atom is -0.487 e. The predicted molar refractivity (Wildman–Crippen MR) is 154 cm³/mol. The molecule has 0 aliphatic carbocycles. The minimum atomic E-state index is -1.01. The number of nitrogens with one attached hydrogen (secondary N) is 1. The van der Waals surface area contributed by atoms with E-state index in [1.165, 1.54) is 18.2 Å². The number of hydrogen-bond donors (Lipinski definition) is 2. The van der Waals surface area contributed by atoms with Crippen LogP contribution < -0.4 is 15.0 Å². The normalized spacial score (nSPS) is 14.4. The summed E-state index contributed by atoms with van der Waals surface area (Å²) in [5.74, 6) is -1.99. The highest BCUT2D eigenvalue weighted by atomic mass is 79.9. The highest BCUT2D eigenvalue weighted by Crippen LogP contribution is 2.34. The Morgan fingerprint density at radius 3 is 2.41 bits per heavy atom. The first-order valence-electron chi connectivity index (χ1n) is 11.6. The number of hydrogen-bond acceptors (Lipinski definition) is 5. The molecule has 3 aromatic rings. The molecule has 198 valence electrons. The standard InChI is InChI=1S/C29H22Br2N2O6/c1-3-4-20-12-18(14-24(31)25(20)39-15-17-5-7-19(8-6-17)28(36)37)13-22-26(34)32-29(38)33(27(22)35)21-9-10-23(30)16(2)11-21/h3,5-14H,1,4,15H2,2H3,(H,36,37)(H,32,34,38)/b22-13+. The summed E-state index contributed by atoms with van der Waals surface area (Å²) in [6, 6.07) is 14.0. The molecule has 1 saturated heterocycles. The van der Waals surface area contributed by atoms with Gasteiger partial charge in [0, 0.05) is 4.47 Å². The summed E-state index contributed by atoms with van der Waals surface area (Å²) in [5.41, 5.74) is 3.21. The van der Waals surface area contributed by atoms with Gasteiger partial charge < -0.3 is 9.84 Å². The van der Waals surface area contributed by atoms with Gasteiger partial charge in [-0.1, -0.05) is 34.1 Å². The Morgan fingerprint density at radius 2 is 1.77 bits per heavy atom. The van der Waals surface area contributed by atoms with Gasteiger partial charge in [0.2, 0.25) is 0 Å². The molecule has 0 unspecified atom stereocenters. The fraction of sp³-hybridized carbons (Fsp3) is 0.103. The van der Waals surface area contributed by atoms with Crippen LogP contribution in [0.25, 0.3) is 6.08 Å². The number of rotatable bonds is 8. The largest absolute Gasteiger partial charge is 0.487 e. The van der Waals surface area contributed by atoms with Gasteiger partial charge in [-0.15, -0.1) is 6.58 Å². The Labute approximate surface area is 241 Å². The number of urea groups is 1. The molecule has 0 saturated carbocycles. The van der Waals surface area contributed by atoms with Gasteiger partial charge in [0.15, 0.2) is 0 Å². The molecule has 0 aromatic heterocycles. The van der Waals surface area contributed by atoms with Gasteiger partial charge in [-0.3, -0.25) is 14.9 Å². The lowest BCUT2D eigenvalue weighted by atomic mass is 10.0. The zero-order chi connectivity index (χ0) is 28.3. The molecule has 2 N–H and O–H groups in total. The highest BCUT2D eigenvalue weighted by molar-refractivity contribution is 9.10. The number of benzene rings is 3. The lowest BCUT2D eigenvalue weighted by molar-refractivity contribution is -0.122. The van der Waals surface area contributed by atoms with Gasteiger partial charge in [0.1, 0.15) is 17.9 Å². The van der Waals surface area contributed by atoms with Gasteiger partial charge in [-0.2, -0.15) is 0 Å². The van der Waals surface area contributed by atoms with Crippen molar-refractivity contribution in [1.29, 1.82) is 0 Å². The van der Waals surface area contributed by atoms with E-state index in [2.05, 4.69) is 43.8 Å². The Hall–Kier alpha value is -4.02. The molecular weight excluding hydrogens is 632 g/mol. The van der Waals surface area contributed by atoms with Crippen molar-refractivity contribution in [2.45, 2.75) is 20.0 Å². The average molecular weight is 654 g/mol. The van der Waals surface area contributed by atoms with Crippen LogP contribution in [0.1, 0.15) is 32.6 Å². The molecule has 0 radical (unpaired) electrons. The summed E-state index contributed by atoms with van der Waals surface area (Å²) in [4.78, 5) is 50.5. The van der Waals surface area contributed by atoms with E-state index in [4.69, 9.17) is 9.84 Å². The second-order valence-corrected chi connectivity index (χ2v) is 10.4. The molecule has 10 heteroatoms. The minimum absolute atomic E-state index is 0.182. The van der Waals surface area contributed by atoms with E-state index in [-0.39, 0.29) is 17.7 Å². The Morgan fingerprint density at radius 1 is 1.05 bits per heavy atom. The van der Waals surface area contributed by atoms with Crippen molar-refractivity contribution in [2.24, 2.45) is 0 Å². The molecule has 8 nitrogen and oxygen atoms in total. The number of carbonyl (C=O) groups excluding carboxylic acids is 3. The number of anilines is 1. The van der Waals surface area contributed by atoms with Crippen molar-refractivity contribution in [3.63, 3.8) is 0 Å². The zero-order valence-corrected chi connectivity index (χ0v) is 23.8. The van der Waals surface area contributed by atoms with Crippen LogP contribution in [-0.4, -0.2) is 28.9 Å². The van der Waals surface area contributed by atoms with Crippen LogP contribution in [0, 0.1) is 6.92 Å². The smallest absolute Gasteiger partial charge is 0.335 e. The van der Waals surface area contributed by atoms with Crippen LogP contribution in [0.5, 0.6) is 5.75 Å². The van der Waals surface area contributed by atoms with E-state index in [1.807, 2.05) is 6.92 Å². The second kappa shape index (κ2) is 11.8. The lowest BCUT2D eigenvalue weighted by Crippen LogP contribution is -2.54. The number of nitrogens with zero attached hydrogens (tertiary/aromatic N) is 1. The Kier molecular flexibility index (Phi) is 8.47. The summed E-state index contributed by atoms with van der Waals surface area (Å²) >= 11 is 6.92. The van der Waals surface area contributed by atoms with Crippen LogP contribution in [0.4, 0.5) is 10.5 Å². The number of halogens is 2. The van der Waals surface area contributed by atoms with Crippen molar-refractivity contribution in [3.8, 4) is 5.75 Å². The number of aryl methyl sites for hydroxylation is 1. The molecule has 1 heterocycles. The maximum absolute atomic E-state index is 13.3. The molecule has 1 aliphatic rings. The average Bonchev–Trinajstić information content (AvgIpc) is 2.88. The summed E-state index contributed by atoms with van der Waals surface area (Å²) in [5, 5.41) is 11.3. The quantitative estimate of drug-likeness (QED) is 0.170. The molecule has 39 heavy (non-hydrogen) atoms. The number of imide groups is 2. The molecular formula is C29H22Br2N2O6. The van der Waals surface area contributed by atoms with Crippen LogP contribution in [0.15, 0.2) is 81.8 Å². The maximum Gasteiger partial charge on any atom is 0.335 e. The molecule has 0 atom stereocenters. The van der Waals surface area contributed by atoms with E-state index < -0.39 is 23.8 Å². The van der Waals surface area contributed by atoms with Crippen molar-refractivity contribution >= 4 is 67.4 Å². The van der Waals surface area contributed by atoms with E-state index in [1.54, 1.807) is 48.5 Å². The van der Waals surface area contributed by atoms with Crippen molar-refractivity contribution in [1.82, 2.24) is 5.32 Å². The SMILES string of the molecule is C=CCc1cc(/C=C2\C(=O)NC(=O)N(c3ccc(Br)c(C)c3)C2=O)cc(Br)c1OCc1ccc(C(=O)O)cc1. The predicted octanol–water partition coefficient (Wildman–Crippen LogP) is 6.19. The molecule has 0 spiro atoms. The number of carbonyl (C=O) groups is 4. The molecule has 0 bridgehead atoms. The third kappa shape index (κ3) is 6.18. The number of allylic oxidation sites excluding steroid dienone is 1. The number of ether oxygens (including phenoxy) is 1. The lowest BCUT2D eigenvalue weighted by Gasteiger charge is -2.26. The van der Waals surface area contributed by atoms with Crippen molar-refractivity contribution < 1.29 is 29.0 Å². The van der Waals surface area contributed by atoms with Crippen LogP contribution in [0.2, 0.25) is 0 Å². The fourth-order valence-corrected chi connectivity index (χ4v) is 4.83. The van der Waals surface area contributed by atoms with E-state index in [0.717, 1.165) is 26.1 Å². The Balaban J connectivity index is 1.64. The second-order valence-electron chi connectivity index (χ2n) is 8.67. The highest BCUT2D eigenvalue weighted by Gasteiger charge is 2.37. The van der Waals surface area contributed by atoms with Gasteiger partial charge in [0.05, 0.1) is 15.7 Å². The number of amides is 4. The summed E-state index contributed by atoms with van der Waals surface area (Å²) in [6.07, 6.45) is 3.56. The number of aromatic carboxylic acids is 1. The first-order chi connectivity index (χ1) is 18.6.